The second-order valence-corrected chi connectivity index (χ2v) is 7.14. The summed E-state index contributed by atoms with van der Waals surface area (Å²) in [5.74, 6) is 1.06. The van der Waals surface area contributed by atoms with Crippen molar-refractivity contribution < 1.29 is 0 Å². The van der Waals surface area contributed by atoms with Crippen LogP contribution in [0.15, 0.2) is 45.2 Å². The number of halogens is 1. The van der Waals surface area contributed by atoms with Crippen LogP contribution in [0.2, 0.25) is 0 Å². The molecular weight excluding hydrogens is 340 g/mol. The Morgan fingerprint density at radius 3 is 3.05 bits per heavy atom. The maximum Gasteiger partial charge on any atom is 0.0940 e. The van der Waals surface area contributed by atoms with Gasteiger partial charge in [0, 0.05) is 39.2 Å². The number of thioether (sulfide) groups is 1. The van der Waals surface area contributed by atoms with E-state index >= 15 is 0 Å². The van der Waals surface area contributed by atoms with Crippen LogP contribution in [0, 0.1) is 0 Å². The topological polar surface area (TPSA) is 24.9 Å². The molecule has 1 unspecified atom stereocenters. The first-order chi connectivity index (χ1) is 9.28. The van der Waals surface area contributed by atoms with Gasteiger partial charge in [0.05, 0.1) is 5.01 Å². The summed E-state index contributed by atoms with van der Waals surface area (Å²) in [6.45, 7) is 3.15. The number of benzene rings is 1. The molecule has 0 aliphatic rings. The molecule has 1 heterocycles. The first kappa shape index (κ1) is 15.0. The van der Waals surface area contributed by atoms with Gasteiger partial charge >= 0.3 is 0 Å². The molecule has 1 atom stereocenters. The Morgan fingerprint density at radius 2 is 2.37 bits per heavy atom. The van der Waals surface area contributed by atoms with E-state index in [9.17, 15) is 0 Å². The van der Waals surface area contributed by atoms with Gasteiger partial charge in [-0.15, -0.1) is 23.1 Å². The van der Waals surface area contributed by atoms with Crippen LogP contribution in [0.5, 0.6) is 0 Å². The van der Waals surface area contributed by atoms with Crippen molar-refractivity contribution in [3.05, 3.63) is 45.3 Å². The molecule has 2 rings (SSSR count). The Hall–Kier alpha value is -0.360. The van der Waals surface area contributed by atoms with Gasteiger partial charge in [-0.25, -0.2) is 4.98 Å². The summed E-state index contributed by atoms with van der Waals surface area (Å²) in [6.07, 6.45) is 2.89. The number of hydrogen-bond donors (Lipinski definition) is 1. The third kappa shape index (κ3) is 5.26. The van der Waals surface area contributed by atoms with Crippen molar-refractivity contribution in [2.45, 2.75) is 24.3 Å². The Balaban J connectivity index is 1.89. The average molecular weight is 357 g/mol. The van der Waals surface area contributed by atoms with E-state index in [1.165, 1.54) is 9.90 Å². The van der Waals surface area contributed by atoms with Crippen molar-refractivity contribution in [1.29, 1.82) is 0 Å². The Bertz CT molecular complexity index is 488. The number of rotatable bonds is 7. The van der Waals surface area contributed by atoms with Crippen molar-refractivity contribution in [2.75, 3.05) is 12.3 Å². The first-order valence-electron chi connectivity index (χ1n) is 6.28. The second-order valence-electron chi connectivity index (χ2n) is 4.15. The lowest BCUT2D eigenvalue weighted by Gasteiger charge is -2.16. The molecule has 0 fully saturated rings. The molecule has 0 bridgehead atoms. The van der Waals surface area contributed by atoms with Crippen molar-refractivity contribution in [3.63, 3.8) is 0 Å². The lowest BCUT2D eigenvalue weighted by atomic mass is 10.2. The molecule has 0 aliphatic heterocycles. The summed E-state index contributed by atoms with van der Waals surface area (Å²) in [5, 5.41) is 6.79. The molecule has 1 aromatic carbocycles. The minimum Gasteiger partial charge on any atom is -0.313 e. The molecule has 2 nitrogen and oxygen atoms in total. The summed E-state index contributed by atoms with van der Waals surface area (Å²) < 4.78 is 1.14. The predicted octanol–water partition coefficient (Wildman–Crippen LogP) is 4.22. The molecule has 19 heavy (non-hydrogen) atoms. The van der Waals surface area contributed by atoms with Crippen LogP contribution < -0.4 is 5.32 Å². The van der Waals surface area contributed by atoms with E-state index in [1.807, 2.05) is 23.3 Å². The van der Waals surface area contributed by atoms with Gasteiger partial charge in [-0.05, 0) is 24.7 Å². The molecule has 1 aromatic heterocycles. The summed E-state index contributed by atoms with van der Waals surface area (Å²) in [5.41, 5.74) is 0. The van der Waals surface area contributed by atoms with E-state index in [2.05, 4.69) is 57.4 Å². The number of nitrogens with zero attached hydrogens (tertiary/aromatic N) is 1. The maximum absolute atomic E-state index is 4.37. The van der Waals surface area contributed by atoms with Gasteiger partial charge in [0.15, 0.2) is 0 Å². The van der Waals surface area contributed by atoms with Gasteiger partial charge in [0.2, 0.25) is 0 Å². The maximum atomic E-state index is 4.37. The van der Waals surface area contributed by atoms with Crippen LogP contribution in [-0.2, 0) is 6.42 Å². The first-order valence-corrected chi connectivity index (χ1v) is 8.94. The van der Waals surface area contributed by atoms with Gasteiger partial charge in [0.1, 0.15) is 0 Å². The van der Waals surface area contributed by atoms with Gasteiger partial charge < -0.3 is 5.32 Å². The largest absolute Gasteiger partial charge is 0.313 e. The van der Waals surface area contributed by atoms with E-state index in [1.54, 1.807) is 11.3 Å². The van der Waals surface area contributed by atoms with Crippen LogP contribution in [0.3, 0.4) is 0 Å². The van der Waals surface area contributed by atoms with E-state index in [0.29, 0.717) is 6.04 Å². The average Bonchev–Trinajstić information content (AvgIpc) is 2.89. The van der Waals surface area contributed by atoms with E-state index in [4.69, 9.17) is 0 Å². The fourth-order valence-corrected chi connectivity index (χ4v) is 4.06. The zero-order valence-electron chi connectivity index (χ0n) is 10.8. The molecule has 0 amide bonds. The summed E-state index contributed by atoms with van der Waals surface area (Å²) >= 11 is 7.13. The quantitative estimate of drug-likeness (QED) is 0.751. The third-order valence-electron chi connectivity index (χ3n) is 2.64. The standard InChI is InChI=1S/C14H17BrN2S2/c1-2-16-12(9-14-17-6-7-18-14)10-19-13-5-3-4-11(15)8-13/h3-8,12,16H,2,9-10H2,1H3. The van der Waals surface area contributed by atoms with E-state index in [0.717, 1.165) is 23.2 Å². The highest BCUT2D eigenvalue weighted by Gasteiger charge is 2.10. The van der Waals surface area contributed by atoms with Crippen molar-refractivity contribution in [1.82, 2.24) is 10.3 Å². The highest BCUT2D eigenvalue weighted by molar-refractivity contribution is 9.10. The number of likely N-dealkylation sites (N-methyl/N-ethyl adjacent to an activating group) is 1. The highest BCUT2D eigenvalue weighted by atomic mass is 79.9. The number of hydrogen-bond acceptors (Lipinski definition) is 4. The molecule has 0 spiro atoms. The van der Waals surface area contributed by atoms with Gasteiger partial charge in [0.25, 0.3) is 0 Å². The fourth-order valence-electron chi connectivity index (χ4n) is 1.80. The zero-order chi connectivity index (χ0) is 13.5. The van der Waals surface area contributed by atoms with Crippen LogP contribution in [0.1, 0.15) is 11.9 Å². The van der Waals surface area contributed by atoms with E-state index in [-0.39, 0.29) is 0 Å². The number of thiazole rings is 1. The van der Waals surface area contributed by atoms with Gasteiger partial charge in [-0.3, -0.25) is 0 Å². The van der Waals surface area contributed by atoms with E-state index < -0.39 is 0 Å². The van der Waals surface area contributed by atoms with Crippen LogP contribution in [0.4, 0.5) is 0 Å². The van der Waals surface area contributed by atoms with Gasteiger partial charge in [-0.1, -0.05) is 28.9 Å². The third-order valence-corrected chi connectivity index (χ3v) is 5.10. The molecular formula is C14H17BrN2S2. The smallest absolute Gasteiger partial charge is 0.0940 e. The minimum absolute atomic E-state index is 0.472. The summed E-state index contributed by atoms with van der Waals surface area (Å²) in [4.78, 5) is 5.67. The molecule has 0 saturated heterocycles. The molecule has 0 aliphatic carbocycles. The summed E-state index contributed by atoms with van der Waals surface area (Å²) in [7, 11) is 0. The van der Waals surface area contributed by atoms with Gasteiger partial charge in [-0.2, -0.15) is 0 Å². The Morgan fingerprint density at radius 1 is 1.47 bits per heavy atom. The molecule has 5 heteroatoms. The van der Waals surface area contributed by atoms with Crippen molar-refractivity contribution in [2.24, 2.45) is 0 Å². The van der Waals surface area contributed by atoms with Crippen molar-refractivity contribution >= 4 is 39.0 Å². The summed E-state index contributed by atoms with van der Waals surface area (Å²) in [6, 6.07) is 8.93. The van der Waals surface area contributed by atoms with Crippen molar-refractivity contribution in [3.8, 4) is 0 Å². The molecule has 2 aromatic rings. The van der Waals surface area contributed by atoms with Crippen LogP contribution in [-0.4, -0.2) is 23.3 Å². The SMILES string of the molecule is CCNC(CSc1cccc(Br)c1)Cc1nccs1. The van der Waals surface area contributed by atoms with Crippen LogP contribution >= 0.6 is 39.0 Å². The monoisotopic (exact) mass is 356 g/mol. The molecule has 0 radical (unpaired) electrons. The Labute approximate surface area is 131 Å². The lowest BCUT2D eigenvalue weighted by molar-refractivity contribution is 0.571. The number of nitrogens with one attached hydrogen (secondary N) is 1. The fraction of sp³-hybridized carbons (Fsp3) is 0.357. The zero-order valence-corrected chi connectivity index (χ0v) is 14.0. The second kappa shape index (κ2) is 8.04. The predicted molar refractivity (Wildman–Crippen MR) is 88.1 cm³/mol. The normalized spacial score (nSPS) is 12.5. The molecule has 102 valence electrons. The minimum atomic E-state index is 0.472. The Kier molecular flexibility index (Phi) is 6.37. The van der Waals surface area contributed by atoms with Crippen LogP contribution in [0.25, 0.3) is 0 Å². The number of aromatic nitrogens is 1. The molecule has 0 saturated carbocycles. The lowest BCUT2D eigenvalue weighted by Crippen LogP contribution is -2.33. The highest BCUT2D eigenvalue weighted by Crippen LogP contribution is 2.23. The molecule has 1 N–H and O–H groups in total.